The maximum Gasteiger partial charge on any atom is 0.197 e. The highest BCUT2D eigenvalue weighted by Gasteiger charge is 2.35. The molecular formula is C27H29ClN6O3. The van der Waals surface area contributed by atoms with Gasteiger partial charge in [0.25, 0.3) is 0 Å². The quantitative estimate of drug-likeness (QED) is 0.368. The SMILES string of the molecule is COc1ccccc1N1CCN(C(c2coc3ccc(Cl)cc3c2=O)c2nnnn2C2CCCC2)CC1. The summed E-state index contributed by atoms with van der Waals surface area (Å²) in [6, 6.07) is 13.0. The van der Waals surface area contributed by atoms with E-state index >= 15 is 0 Å². The molecule has 1 saturated heterocycles. The van der Waals surface area contributed by atoms with Gasteiger partial charge in [0.05, 0.1) is 29.8 Å². The van der Waals surface area contributed by atoms with Gasteiger partial charge in [0.2, 0.25) is 0 Å². The van der Waals surface area contributed by atoms with Gasteiger partial charge in [-0.15, -0.1) is 5.10 Å². The standard InChI is InChI=1S/C27H29ClN6O3/c1-36-24-9-5-4-8-22(24)32-12-14-33(15-13-32)25(27-29-30-31-34(27)19-6-2-3-7-19)21-17-37-23-11-10-18(28)16-20(23)26(21)35/h4-5,8-11,16-17,19,25H,2-3,6-7,12-15H2,1H3. The Morgan fingerprint density at radius 3 is 2.65 bits per heavy atom. The van der Waals surface area contributed by atoms with Crippen LogP contribution >= 0.6 is 11.6 Å². The van der Waals surface area contributed by atoms with E-state index in [1.807, 2.05) is 22.9 Å². The predicted molar refractivity (Wildman–Crippen MR) is 141 cm³/mol. The van der Waals surface area contributed by atoms with E-state index in [1.165, 1.54) is 0 Å². The molecule has 1 saturated carbocycles. The maximum atomic E-state index is 13.8. The minimum atomic E-state index is -0.435. The molecule has 0 amide bonds. The van der Waals surface area contributed by atoms with Crippen molar-refractivity contribution < 1.29 is 9.15 Å². The van der Waals surface area contributed by atoms with Crippen molar-refractivity contribution in [3.05, 3.63) is 75.4 Å². The number of para-hydroxylation sites is 2. The molecule has 10 heteroatoms. The van der Waals surface area contributed by atoms with Crippen molar-refractivity contribution in [2.45, 2.75) is 37.8 Å². The van der Waals surface area contributed by atoms with Crippen LogP contribution in [-0.4, -0.2) is 58.4 Å². The number of halogens is 1. The average molecular weight is 521 g/mol. The number of anilines is 1. The lowest BCUT2D eigenvalue weighted by Crippen LogP contribution is -2.49. The Kier molecular flexibility index (Phi) is 6.56. The zero-order valence-corrected chi connectivity index (χ0v) is 21.5. The summed E-state index contributed by atoms with van der Waals surface area (Å²) < 4.78 is 13.5. The molecule has 37 heavy (non-hydrogen) atoms. The Labute approximate surface area is 219 Å². The Bertz CT molecular complexity index is 1460. The average Bonchev–Trinajstić information content (AvgIpc) is 3.63. The minimum absolute atomic E-state index is 0.109. The van der Waals surface area contributed by atoms with E-state index in [0.717, 1.165) is 50.2 Å². The van der Waals surface area contributed by atoms with Gasteiger partial charge < -0.3 is 14.1 Å². The van der Waals surface area contributed by atoms with E-state index < -0.39 is 6.04 Å². The number of benzene rings is 2. The summed E-state index contributed by atoms with van der Waals surface area (Å²) in [5, 5.41) is 13.9. The molecule has 1 aliphatic heterocycles. The second-order valence-corrected chi connectivity index (χ2v) is 10.1. The normalized spacial score (nSPS) is 17.9. The molecule has 4 aromatic rings. The fourth-order valence-electron chi connectivity index (χ4n) is 5.71. The van der Waals surface area contributed by atoms with E-state index in [-0.39, 0.29) is 11.5 Å². The monoisotopic (exact) mass is 520 g/mol. The van der Waals surface area contributed by atoms with Gasteiger partial charge in [-0.05, 0) is 53.6 Å². The van der Waals surface area contributed by atoms with Gasteiger partial charge in [0, 0.05) is 31.2 Å². The number of hydrogen-bond donors (Lipinski definition) is 0. The third kappa shape index (κ3) is 4.46. The number of hydrogen-bond acceptors (Lipinski definition) is 8. The van der Waals surface area contributed by atoms with Gasteiger partial charge in [-0.2, -0.15) is 0 Å². The van der Waals surface area contributed by atoms with Crippen LogP contribution in [-0.2, 0) is 0 Å². The molecule has 1 unspecified atom stereocenters. The van der Waals surface area contributed by atoms with Crippen LogP contribution in [0.2, 0.25) is 5.02 Å². The Balaban J connectivity index is 1.39. The van der Waals surface area contributed by atoms with E-state index in [0.29, 0.717) is 40.5 Å². The van der Waals surface area contributed by atoms with Crippen LogP contribution in [0, 0.1) is 0 Å². The molecule has 0 radical (unpaired) electrons. The van der Waals surface area contributed by atoms with Crippen molar-refractivity contribution in [2.75, 3.05) is 38.2 Å². The number of rotatable bonds is 6. The van der Waals surface area contributed by atoms with E-state index in [9.17, 15) is 4.79 Å². The lowest BCUT2D eigenvalue weighted by Gasteiger charge is -2.40. The lowest BCUT2D eigenvalue weighted by atomic mass is 10.0. The molecule has 2 fully saturated rings. The van der Waals surface area contributed by atoms with Crippen LogP contribution in [0.1, 0.15) is 49.2 Å². The second-order valence-electron chi connectivity index (χ2n) is 9.68. The lowest BCUT2D eigenvalue weighted by molar-refractivity contribution is 0.195. The molecule has 0 spiro atoms. The van der Waals surface area contributed by atoms with Gasteiger partial charge in [-0.25, -0.2) is 4.68 Å². The van der Waals surface area contributed by atoms with Crippen LogP contribution in [0.3, 0.4) is 0 Å². The van der Waals surface area contributed by atoms with Crippen molar-refractivity contribution in [1.82, 2.24) is 25.1 Å². The van der Waals surface area contributed by atoms with E-state index in [4.69, 9.17) is 20.8 Å². The summed E-state index contributed by atoms with van der Waals surface area (Å²) in [7, 11) is 1.69. The molecule has 3 heterocycles. The summed E-state index contributed by atoms with van der Waals surface area (Å²) in [5.41, 5.74) is 1.99. The zero-order valence-electron chi connectivity index (χ0n) is 20.7. The fraction of sp³-hybridized carbons (Fsp3) is 0.407. The molecule has 1 atom stereocenters. The largest absolute Gasteiger partial charge is 0.495 e. The Morgan fingerprint density at radius 1 is 1.08 bits per heavy atom. The summed E-state index contributed by atoms with van der Waals surface area (Å²) >= 11 is 6.24. The molecule has 2 aromatic carbocycles. The third-order valence-electron chi connectivity index (χ3n) is 7.59. The molecule has 0 bridgehead atoms. The molecule has 9 nitrogen and oxygen atoms in total. The van der Waals surface area contributed by atoms with Crippen LogP contribution in [0.15, 0.2) is 57.9 Å². The number of nitrogens with zero attached hydrogens (tertiary/aromatic N) is 6. The molecule has 2 aliphatic rings. The highest BCUT2D eigenvalue weighted by Crippen LogP contribution is 2.35. The van der Waals surface area contributed by atoms with Crippen LogP contribution < -0.4 is 15.1 Å². The summed E-state index contributed by atoms with van der Waals surface area (Å²) in [6.07, 6.45) is 5.96. The molecule has 0 N–H and O–H groups in total. The molecule has 2 aromatic heterocycles. The minimum Gasteiger partial charge on any atom is -0.495 e. The van der Waals surface area contributed by atoms with Crippen molar-refractivity contribution in [3.63, 3.8) is 0 Å². The Morgan fingerprint density at radius 2 is 1.86 bits per heavy atom. The maximum absolute atomic E-state index is 13.8. The van der Waals surface area contributed by atoms with Crippen LogP contribution in [0.25, 0.3) is 11.0 Å². The molecular weight excluding hydrogens is 492 g/mol. The van der Waals surface area contributed by atoms with Crippen molar-refractivity contribution in [2.24, 2.45) is 0 Å². The zero-order chi connectivity index (χ0) is 25.4. The number of tetrazole rings is 1. The van der Waals surface area contributed by atoms with Crippen LogP contribution in [0.5, 0.6) is 5.75 Å². The third-order valence-corrected chi connectivity index (χ3v) is 7.83. The first kappa shape index (κ1) is 23.9. The summed E-state index contributed by atoms with van der Waals surface area (Å²) in [4.78, 5) is 18.4. The highest BCUT2D eigenvalue weighted by atomic mass is 35.5. The number of ether oxygens (including phenoxy) is 1. The topological polar surface area (TPSA) is 89.5 Å². The number of methoxy groups -OCH3 is 1. The van der Waals surface area contributed by atoms with Gasteiger partial charge >= 0.3 is 0 Å². The summed E-state index contributed by atoms with van der Waals surface area (Å²) in [6.45, 7) is 2.97. The predicted octanol–water partition coefficient (Wildman–Crippen LogP) is 4.47. The summed E-state index contributed by atoms with van der Waals surface area (Å²) in [5.74, 6) is 1.54. The first-order valence-corrected chi connectivity index (χ1v) is 13.1. The highest BCUT2D eigenvalue weighted by molar-refractivity contribution is 6.31. The molecule has 192 valence electrons. The van der Waals surface area contributed by atoms with Crippen molar-refractivity contribution in [3.8, 4) is 5.75 Å². The molecule has 6 rings (SSSR count). The number of aromatic nitrogens is 4. The van der Waals surface area contributed by atoms with Gasteiger partial charge in [-0.1, -0.05) is 36.6 Å². The number of fused-ring (bicyclic) bond motifs is 1. The van der Waals surface area contributed by atoms with Crippen molar-refractivity contribution in [1.29, 1.82) is 0 Å². The second kappa shape index (κ2) is 10.1. The fourth-order valence-corrected chi connectivity index (χ4v) is 5.88. The number of piperazine rings is 1. The van der Waals surface area contributed by atoms with Crippen LogP contribution in [0.4, 0.5) is 5.69 Å². The Hall–Kier alpha value is -3.43. The molecule has 1 aliphatic carbocycles. The first-order chi connectivity index (χ1) is 18.1. The van der Waals surface area contributed by atoms with Gasteiger partial charge in [-0.3, -0.25) is 9.69 Å². The smallest absolute Gasteiger partial charge is 0.197 e. The van der Waals surface area contributed by atoms with Crippen molar-refractivity contribution >= 4 is 28.3 Å². The van der Waals surface area contributed by atoms with E-state index in [2.05, 4.69) is 31.4 Å². The van der Waals surface area contributed by atoms with Gasteiger partial charge in [0.15, 0.2) is 11.3 Å². The van der Waals surface area contributed by atoms with E-state index in [1.54, 1.807) is 31.6 Å². The first-order valence-electron chi connectivity index (χ1n) is 12.7. The van der Waals surface area contributed by atoms with Gasteiger partial charge in [0.1, 0.15) is 23.6 Å².